The van der Waals surface area contributed by atoms with E-state index in [2.05, 4.69) is 21.2 Å². The van der Waals surface area contributed by atoms with Gasteiger partial charge in [-0.2, -0.15) is 5.10 Å². The first-order valence-corrected chi connectivity index (χ1v) is 7.17. The van der Waals surface area contributed by atoms with Gasteiger partial charge in [0, 0.05) is 31.5 Å². The molecule has 2 aliphatic heterocycles. The van der Waals surface area contributed by atoms with Gasteiger partial charge in [-0.3, -0.25) is 14.4 Å². The molecule has 0 saturated heterocycles. The highest BCUT2D eigenvalue weighted by Crippen LogP contribution is 2.23. The van der Waals surface area contributed by atoms with E-state index in [-0.39, 0.29) is 24.1 Å². The van der Waals surface area contributed by atoms with Crippen molar-refractivity contribution in [3.8, 4) is 0 Å². The second kappa shape index (κ2) is 5.97. The van der Waals surface area contributed by atoms with Gasteiger partial charge in [-0.15, -0.1) is 0 Å². The third kappa shape index (κ3) is 3.13. The van der Waals surface area contributed by atoms with Crippen molar-refractivity contribution in [1.82, 2.24) is 10.7 Å². The highest BCUT2D eigenvalue weighted by molar-refractivity contribution is 6.39. The topological polar surface area (TPSA) is 99.7 Å². The zero-order valence-corrected chi connectivity index (χ0v) is 11.9. The van der Waals surface area contributed by atoms with E-state index in [1.54, 1.807) is 0 Å². The molecule has 0 radical (unpaired) electrons. The van der Waals surface area contributed by atoms with Crippen LogP contribution >= 0.6 is 0 Å². The summed E-state index contributed by atoms with van der Waals surface area (Å²) in [6.07, 6.45) is 1.83. The van der Waals surface area contributed by atoms with Crippen molar-refractivity contribution < 1.29 is 14.4 Å². The van der Waals surface area contributed by atoms with E-state index in [4.69, 9.17) is 0 Å². The molecule has 0 spiro atoms. The molecule has 0 atom stereocenters. The zero-order chi connectivity index (χ0) is 15.5. The normalized spacial score (nSPS) is 17.0. The Morgan fingerprint density at radius 2 is 1.95 bits per heavy atom. The summed E-state index contributed by atoms with van der Waals surface area (Å²) in [6.45, 7) is 0.382. The van der Waals surface area contributed by atoms with Crippen LogP contribution in [0.15, 0.2) is 23.3 Å². The van der Waals surface area contributed by atoms with Crippen LogP contribution in [0.5, 0.6) is 0 Å². The number of rotatable bonds is 3. The molecule has 0 unspecified atom stereocenters. The Bertz CT molecular complexity index is 681. The molecule has 1 aromatic carbocycles. The van der Waals surface area contributed by atoms with Gasteiger partial charge in [-0.1, -0.05) is 12.1 Å². The van der Waals surface area contributed by atoms with Crippen molar-refractivity contribution >= 4 is 29.1 Å². The Hall–Kier alpha value is -2.70. The fourth-order valence-corrected chi connectivity index (χ4v) is 2.47. The maximum Gasteiger partial charge on any atom is 0.267 e. The molecule has 7 nitrogen and oxygen atoms in total. The van der Waals surface area contributed by atoms with Crippen LogP contribution in [-0.4, -0.2) is 23.4 Å². The molecule has 114 valence electrons. The Labute approximate surface area is 127 Å². The van der Waals surface area contributed by atoms with E-state index in [9.17, 15) is 14.4 Å². The van der Waals surface area contributed by atoms with Crippen molar-refractivity contribution in [3.63, 3.8) is 0 Å². The smallest absolute Gasteiger partial charge is 0.267 e. The number of hydrogen-bond acceptors (Lipinski definition) is 4. The summed E-state index contributed by atoms with van der Waals surface area (Å²) in [7, 11) is 0. The van der Waals surface area contributed by atoms with Crippen molar-refractivity contribution in [1.29, 1.82) is 0 Å². The first-order chi connectivity index (χ1) is 10.6. The number of nitrogens with one attached hydrogen (secondary N) is 3. The molecule has 3 N–H and O–H groups in total. The minimum absolute atomic E-state index is 0.0332. The fraction of sp³-hybridized carbons (Fsp3) is 0.333. The van der Waals surface area contributed by atoms with Gasteiger partial charge in [0.15, 0.2) is 0 Å². The minimum Gasteiger partial charge on any atom is -0.347 e. The lowest BCUT2D eigenvalue weighted by Crippen LogP contribution is -2.36. The van der Waals surface area contributed by atoms with E-state index < -0.39 is 0 Å². The number of fused-ring (bicyclic) bond motifs is 1. The summed E-state index contributed by atoms with van der Waals surface area (Å²) < 4.78 is 0. The van der Waals surface area contributed by atoms with Crippen molar-refractivity contribution in [3.05, 3.63) is 29.3 Å². The Morgan fingerprint density at radius 3 is 2.73 bits per heavy atom. The Morgan fingerprint density at radius 1 is 1.14 bits per heavy atom. The van der Waals surface area contributed by atoms with Gasteiger partial charge in [-0.05, 0) is 23.6 Å². The van der Waals surface area contributed by atoms with E-state index in [1.807, 2.05) is 18.2 Å². The van der Waals surface area contributed by atoms with Gasteiger partial charge in [0.05, 0.1) is 0 Å². The zero-order valence-electron chi connectivity index (χ0n) is 11.9. The number of aryl methyl sites for hydroxylation is 1. The van der Waals surface area contributed by atoms with Crippen LogP contribution in [0.25, 0.3) is 0 Å². The van der Waals surface area contributed by atoms with E-state index in [0.29, 0.717) is 31.5 Å². The maximum absolute atomic E-state index is 12.0. The quantitative estimate of drug-likeness (QED) is 0.755. The molecule has 22 heavy (non-hydrogen) atoms. The maximum atomic E-state index is 12.0. The van der Waals surface area contributed by atoms with Gasteiger partial charge in [0.1, 0.15) is 5.71 Å². The molecule has 7 heteroatoms. The van der Waals surface area contributed by atoms with Gasteiger partial charge >= 0.3 is 0 Å². The first-order valence-electron chi connectivity index (χ1n) is 7.17. The third-order valence-corrected chi connectivity index (χ3v) is 3.68. The first kappa shape index (κ1) is 14.2. The molecular weight excluding hydrogens is 284 g/mol. The van der Waals surface area contributed by atoms with Crippen LogP contribution in [0.3, 0.4) is 0 Å². The number of benzene rings is 1. The number of carbonyl (C=O) groups is 3. The van der Waals surface area contributed by atoms with Gasteiger partial charge < -0.3 is 10.6 Å². The van der Waals surface area contributed by atoms with Gasteiger partial charge in [-0.25, -0.2) is 5.43 Å². The molecule has 0 bridgehead atoms. The molecule has 3 amide bonds. The lowest BCUT2D eigenvalue weighted by molar-refractivity contribution is -0.121. The molecule has 2 heterocycles. The third-order valence-electron chi connectivity index (χ3n) is 3.68. The SMILES string of the molecule is O=C1CCC(C(=O)NCc2ccc3c(c2)CCC(=O)N3)=NN1. The molecular formula is C15H16N4O3. The van der Waals surface area contributed by atoms with Crippen LogP contribution in [0.1, 0.15) is 30.4 Å². The van der Waals surface area contributed by atoms with Gasteiger partial charge in [0.2, 0.25) is 11.8 Å². The molecule has 0 fully saturated rings. The second-order valence-corrected chi connectivity index (χ2v) is 5.32. The molecule has 2 aliphatic rings. The summed E-state index contributed by atoms with van der Waals surface area (Å²) in [5, 5.41) is 9.37. The molecule has 0 saturated carbocycles. The largest absolute Gasteiger partial charge is 0.347 e. The highest BCUT2D eigenvalue weighted by Gasteiger charge is 2.18. The average molecular weight is 300 g/mol. The van der Waals surface area contributed by atoms with E-state index in [0.717, 1.165) is 16.8 Å². The van der Waals surface area contributed by atoms with Crippen LogP contribution < -0.4 is 16.1 Å². The molecule has 1 aromatic rings. The van der Waals surface area contributed by atoms with E-state index in [1.165, 1.54) is 0 Å². The summed E-state index contributed by atoms with van der Waals surface area (Å²) in [4.78, 5) is 34.3. The molecule has 0 aliphatic carbocycles. The monoisotopic (exact) mass is 300 g/mol. The lowest BCUT2D eigenvalue weighted by atomic mass is 10.0. The molecule has 0 aromatic heterocycles. The summed E-state index contributed by atoms with van der Waals surface area (Å²) in [5.74, 6) is -0.412. The predicted molar refractivity (Wildman–Crippen MR) is 80.1 cm³/mol. The number of hydrazone groups is 1. The average Bonchev–Trinajstić information content (AvgIpc) is 2.53. The second-order valence-electron chi connectivity index (χ2n) is 5.32. The van der Waals surface area contributed by atoms with Crippen molar-refractivity contribution in [2.24, 2.45) is 5.10 Å². The van der Waals surface area contributed by atoms with Crippen molar-refractivity contribution in [2.75, 3.05) is 5.32 Å². The van der Waals surface area contributed by atoms with E-state index >= 15 is 0 Å². The van der Waals surface area contributed by atoms with Crippen molar-refractivity contribution in [2.45, 2.75) is 32.2 Å². The minimum atomic E-state index is -0.272. The molecule has 3 rings (SSSR count). The van der Waals surface area contributed by atoms with Crippen LogP contribution in [0.4, 0.5) is 5.69 Å². The Balaban J connectivity index is 1.61. The lowest BCUT2D eigenvalue weighted by Gasteiger charge is -2.18. The van der Waals surface area contributed by atoms with Crippen LogP contribution in [-0.2, 0) is 27.3 Å². The summed E-state index contributed by atoms with van der Waals surface area (Å²) in [6, 6.07) is 5.71. The summed E-state index contributed by atoms with van der Waals surface area (Å²) >= 11 is 0. The number of nitrogens with zero attached hydrogens (tertiary/aromatic N) is 1. The fourth-order valence-electron chi connectivity index (χ4n) is 2.47. The number of amides is 3. The number of hydrogen-bond donors (Lipinski definition) is 3. The number of carbonyl (C=O) groups excluding carboxylic acids is 3. The van der Waals surface area contributed by atoms with Crippen LogP contribution in [0.2, 0.25) is 0 Å². The standard InChI is InChI=1S/C15H16N4O3/c20-13-5-2-10-7-9(1-3-11(10)17-13)8-16-15(22)12-4-6-14(21)19-18-12/h1,3,7H,2,4-6,8H2,(H,16,22)(H,17,20)(H,19,21). The summed E-state index contributed by atoms with van der Waals surface area (Å²) in [5.41, 5.74) is 5.52. The van der Waals surface area contributed by atoms with Gasteiger partial charge in [0.25, 0.3) is 5.91 Å². The number of anilines is 1. The van der Waals surface area contributed by atoms with Crippen LogP contribution in [0, 0.1) is 0 Å². The predicted octanol–water partition coefficient (Wildman–Crippen LogP) is 0.453. The highest BCUT2D eigenvalue weighted by atomic mass is 16.2. The Kier molecular flexibility index (Phi) is 3.86.